The molecule has 33 heavy (non-hydrogen) atoms. The third kappa shape index (κ3) is 4.24. The number of hydrogen-bond acceptors (Lipinski definition) is 7. The number of nitrogens with one attached hydrogen (secondary N) is 2. The Kier molecular flexibility index (Phi) is 5.65. The zero-order valence-electron chi connectivity index (χ0n) is 18.0. The fourth-order valence-corrected chi connectivity index (χ4v) is 4.17. The molecule has 7 nitrogen and oxygen atoms in total. The molecule has 0 aliphatic carbocycles. The zero-order valence-corrected chi connectivity index (χ0v) is 18.0. The van der Waals surface area contributed by atoms with Crippen molar-refractivity contribution >= 4 is 22.7 Å². The van der Waals surface area contributed by atoms with E-state index in [-0.39, 0.29) is 28.8 Å². The summed E-state index contributed by atoms with van der Waals surface area (Å²) in [4.78, 5) is 16.9. The second-order valence-electron chi connectivity index (χ2n) is 8.22. The van der Waals surface area contributed by atoms with Gasteiger partial charge in [0.1, 0.15) is 22.8 Å². The lowest BCUT2D eigenvalue weighted by atomic mass is 10.00. The lowest BCUT2D eigenvalue weighted by Crippen LogP contribution is -2.08. The highest BCUT2D eigenvalue weighted by Crippen LogP contribution is 2.31. The lowest BCUT2D eigenvalue weighted by molar-refractivity contribution is 0.617. The normalized spacial score (nSPS) is 16.8. The van der Waals surface area contributed by atoms with Crippen molar-refractivity contribution in [2.45, 2.75) is 25.3 Å². The van der Waals surface area contributed by atoms with Crippen LogP contribution in [0.5, 0.6) is 0 Å². The minimum Gasteiger partial charge on any atom is -0.324 e. The number of benzene rings is 1. The fraction of sp³-hybridized carbons (Fsp3) is 0.250. The van der Waals surface area contributed by atoms with E-state index in [1.165, 1.54) is 12.3 Å². The number of halogens is 2. The van der Waals surface area contributed by atoms with Gasteiger partial charge in [-0.3, -0.25) is 4.98 Å². The van der Waals surface area contributed by atoms with Crippen LogP contribution in [0.15, 0.2) is 48.9 Å². The van der Waals surface area contributed by atoms with Gasteiger partial charge in [-0.15, -0.1) is 0 Å². The van der Waals surface area contributed by atoms with Crippen LogP contribution in [0.3, 0.4) is 0 Å². The summed E-state index contributed by atoms with van der Waals surface area (Å²) >= 11 is 0. The van der Waals surface area contributed by atoms with Crippen molar-refractivity contribution in [1.29, 1.82) is 0 Å². The highest BCUT2D eigenvalue weighted by molar-refractivity contribution is 5.87. The van der Waals surface area contributed by atoms with Crippen molar-refractivity contribution in [1.82, 2.24) is 25.3 Å². The molecule has 4 N–H and O–H groups in total. The topological polar surface area (TPSA) is 102 Å². The maximum absolute atomic E-state index is 14.8. The zero-order chi connectivity index (χ0) is 22.9. The second kappa shape index (κ2) is 8.76. The summed E-state index contributed by atoms with van der Waals surface area (Å²) in [7, 11) is 0. The molecule has 2 unspecified atom stereocenters. The van der Waals surface area contributed by atoms with Gasteiger partial charge in [0, 0.05) is 35.9 Å². The van der Waals surface area contributed by atoms with Gasteiger partial charge in [-0.05, 0) is 61.2 Å². The molecule has 168 valence electrons. The number of pyridine rings is 2. The molecule has 0 radical (unpaired) electrons. The molecular weight excluding hydrogens is 424 g/mol. The molecule has 2 atom stereocenters. The van der Waals surface area contributed by atoms with Gasteiger partial charge in [0.25, 0.3) is 0 Å². The van der Waals surface area contributed by atoms with Crippen LogP contribution in [0.2, 0.25) is 0 Å². The monoisotopic (exact) mass is 447 g/mol. The van der Waals surface area contributed by atoms with Crippen LogP contribution in [0.25, 0.3) is 22.2 Å². The van der Waals surface area contributed by atoms with Crippen LogP contribution in [0, 0.1) is 11.6 Å². The quantitative estimate of drug-likeness (QED) is 0.421. The molecule has 4 aromatic rings. The molecule has 1 fully saturated rings. The third-order valence-electron chi connectivity index (χ3n) is 5.90. The molecule has 1 aliphatic heterocycles. The Morgan fingerprint density at radius 2 is 1.97 bits per heavy atom. The van der Waals surface area contributed by atoms with Crippen LogP contribution < -0.4 is 16.4 Å². The smallest absolute Gasteiger partial charge is 0.229 e. The van der Waals surface area contributed by atoms with Crippen LogP contribution in [0.4, 0.5) is 20.5 Å². The Morgan fingerprint density at radius 3 is 2.70 bits per heavy atom. The molecule has 1 aliphatic rings. The van der Waals surface area contributed by atoms with Crippen molar-refractivity contribution in [2.75, 3.05) is 18.4 Å². The van der Waals surface area contributed by atoms with E-state index in [2.05, 4.69) is 30.6 Å². The van der Waals surface area contributed by atoms with Gasteiger partial charge < -0.3 is 16.4 Å². The molecule has 1 aromatic carbocycles. The Bertz CT molecular complexity index is 1300. The summed E-state index contributed by atoms with van der Waals surface area (Å²) in [5.41, 5.74) is 8.35. The number of nitrogens with zero attached hydrogens (tertiary/aromatic N) is 4. The second-order valence-corrected chi connectivity index (χ2v) is 8.22. The summed E-state index contributed by atoms with van der Waals surface area (Å²) in [6.45, 7) is 3.75. The molecule has 0 spiro atoms. The number of nitrogens with two attached hydrogens (primary N) is 1. The van der Waals surface area contributed by atoms with Gasteiger partial charge in [0.15, 0.2) is 5.82 Å². The molecule has 5 rings (SSSR count). The van der Waals surface area contributed by atoms with Crippen molar-refractivity contribution < 1.29 is 8.78 Å². The van der Waals surface area contributed by atoms with E-state index >= 15 is 0 Å². The molecule has 4 heterocycles. The van der Waals surface area contributed by atoms with E-state index < -0.39 is 11.6 Å². The Morgan fingerprint density at radius 1 is 1.09 bits per heavy atom. The molecule has 1 saturated heterocycles. The summed E-state index contributed by atoms with van der Waals surface area (Å²) in [6, 6.07) is 8.12. The van der Waals surface area contributed by atoms with Crippen LogP contribution in [0.1, 0.15) is 36.4 Å². The summed E-state index contributed by atoms with van der Waals surface area (Å²) in [5, 5.41) is 6.86. The van der Waals surface area contributed by atoms with Gasteiger partial charge in [0.05, 0.1) is 6.20 Å². The SMILES string of the molecule is CC(N)c1ccnc2c(F)cc(-c3nc(Nc4ccc(C5CCNC5)cn4)ncc3F)cc12. The Balaban J connectivity index is 1.48. The highest BCUT2D eigenvalue weighted by Gasteiger charge is 2.18. The first-order valence-electron chi connectivity index (χ1n) is 10.8. The molecule has 0 bridgehead atoms. The predicted molar refractivity (Wildman–Crippen MR) is 123 cm³/mol. The minimum atomic E-state index is -0.664. The van der Waals surface area contributed by atoms with E-state index in [1.807, 2.05) is 18.3 Å². The average molecular weight is 447 g/mol. The van der Waals surface area contributed by atoms with Crippen molar-refractivity contribution in [2.24, 2.45) is 5.73 Å². The van der Waals surface area contributed by atoms with Crippen molar-refractivity contribution in [3.63, 3.8) is 0 Å². The van der Waals surface area contributed by atoms with E-state index in [4.69, 9.17) is 5.73 Å². The van der Waals surface area contributed by atoms with E-state index in [0.29, 0.717) is 17.1 Å². The Labute approximate surface area is 189 Å². The molecule has 0 amide bonds. The minimum absolute atomic E-state index is 0.0265. The van der Waals surface area contributed by atoms with Crippen molar-refractivity contribution in [3.05, 3.63) is 71.7 Å². The van der Waals surface area contributed by atoms with E-state index in [1.54, 1.807) is 19.1 Å². The molecule has 9 heteroatoms. The number of hydrogen-bond donors (Lipinski definition) is 3. The predicted octanol–water partition coefficient (Wildman–Crippen LogP) is 4.21. The van der Waals surface area contributed by atoms with Gasteiger partial charge in [-0.25, -0.2) is 23.7 Å². The first-order chi connectivity index (χ1) is 16.0. The van der Waals surface area contributed by atoms with Gasteiger partial charge in [-0.1, -0.05) is 6.07 Å². The highest BCUT2D eigenvalue weighted by atomic mass is 19.1. The Hall–Kier alpha value is -3.56. The first-order valence-corrected chi connectivity index (χ1v) is 10.8. The third-order valence-corrected chi connectivity index (χ3v) is 5.90. The number of rotatable bonds is 5. The molecule has 3 aromatic heterocycles. The van der Waals surface area contributed by atoms with E-state index in [0.717, 1.165) is 36.8 Å². The first kappa shape index (κ1) is 21.3. The number of anilines is 2. The van der Waals surface area contributed by atoms with Crippen molar-refractivity contribution in [3.8, 4) is 11.3 Å². The molecular formula is C24H23F2N7. The van der Waals surface area contributed by atoms with Crippen LogP contribution >= 0.6 is 0 Å². The number of aromatic nitrogens is 4. The van der Waals surface area contributed by atoms with Crippen LogP contribution in [-0.2, 0) is 0 Å². The average Bonchev–Trinajstić information content (AvgIpc) is 3.35. The van der Waals surface area contributed by atoms with Crippen LogP contribution in [-0.4, -0.2) is 33.0 Å². The standard InChI is InChI=1S/C24H23F2N7/c1-13(27)17-5-7-29-23-18(17)8-16(9-19(23)25)22-20(26)12-31-24(33-22)32-21-3-2-14(11-30-21)15-4-6-28-10-15/h2-3,5,7-9,11-13,15,28H,4,6,10,27H2,1H3,(H,30,31,32,33). The summed E-state index contributed by atoms with van der Waals surface area (Å²) in [6.07, 6.45) is 5.48. The van der Waals surface area contributed by atoms with Gasteiger partial charge in [0.2, 0.25) is 5.95 Å². The maximum atomic E-state index is 14.8. The van der Waals surface area contributed by atoms with E-state index in [9.17, 15) is 8.78 Å². The fourth-order valence-electron chi connectivity index (χ4n) is 4.17. The number of fused-ring (bicyclic) bond motifs is 1. The molecule has 0 saturated carbocycles. The van der Waals surface area contributed by atoms with Gasteiger partial charge in [-0.2, -0.15) is 0 Å². The maximum Gasteiger partial charge on any atom is 0.229 e. The summed E-state index contributed by atoms with van der Waals surface area (Å²) < 4.78 is 29.5. The lowest BCUT2D eigenvalue weighted by Gasteiger charge is -2.13. The largest absolute Gasteiger partial charge is 0.324 e. The van der Waals surface area contributed by atoms with Gasteiger partial charge >= 0.3 is 0 Å². The summed E-state index contributed by atoms with van der Waals surface area (Å²) in [5.74, 6) is -0.0823.